The van der Waals surface area contributed by atoms with Crippen LogP contribution in [0.2, 0.25) is 5.04 Å². The molecule has 1 amide bonds. The third-order valence-electron chi connectivity index (χ3n) is 4.44. The van der Waals surface area contributed by atoms with E-state index >= 15 is 0 Å². The largest absolute Gasteiger partial charge is 0.447 e. The van der Waals surface area contributed by atoms with E-state index in [2.05, 4.69) is 74.0 Å². The van der Waals surface area contributed by atoms with Crippen LogP contribution in [-0.2, 0) is 13.9 Å². The van der Waals surface area contributed by atoms with Gasteiger partial charge in [0, 0.05) is 0 Å². The van der Waals surface area contributed by atoms with Crippen LogP contribution in [0.5, 0.6) is 0 Å². The highest BCUT2D eigenvalue weighted by molar-refractivity contribution is 6.99. The number of rotatable bonds is 9. The Balaban J connectivity index is 2.19. The Kier molecular flexibility index (Phi) is 7.59. The predicted molar refractivity (Wildman–Crippen MR) is 110 cm³/mol. The molecule has 0 saturated heterocycles. The normalized spacial score (nSPS) is 12.0. The number of carbonyl (C=O) groups excluding carboxylic acids is 1. The number of hydrogen-bond donors (Lipinski definition) is 1. The Morgan fingerprint density at radius 2 is 1.33 bits per heavy atom. The lowest BCUT2D eigenvalue weighted by Crippen LogP contribution is -2.66. The third-order valence-corrected chi connectivity index (χ3v) is 9.48. The van der Waals surface area contributed by atoms with Gasteiger partial charge in [0.2, 0.25) is 0 Å². The summed E-state index contributed by atoms with van der Waals surface area (Å²) in [6, 6.07) is 20.9. The summed E-state index contributed by atoms with van der Waals surface area (Å²) >= 11 is 0. The van der Waals surface area contributed by atoms with Gasteiger partial charge < -0.3 is 19.6 Å². The molecule has 0 spiro atoms. The maximum atomic E-state index is 10.6. The highest BCUT2D eigenvalue weighted by Gasteiger charge is 2.49. The van der Waals surface area contributed by atoms with Crippen LogP contribution in [0.4, 0.5) is 4.79 Å². The first-order chi connectivity index (χ1) is 12.9. The smallest absolute Gasteiger partial charge is 0.404 e. The van der Waals surface area contributed by atoms with Gasteiger partial charge in [-0.1, -0.05) is 81.4 Å². The van der Waals surface area contributed by atoms with Crippen LogP contribution >= 0.6 is 0 Å². The van der Waals surface area contributed by atoms with Crippen LogP contribution in [-0.4, -0.2) is 40.8 Å². The number of hydrogen-bond acceptors (Lipinski definition) is 4. The second-order valence-corrected chi connectivity index (χ2v) is 11.6. The van der Waals surface area contributed by atoms with Gasteiger partial charge in [-0.2, -0.15) is 0 Å². The van der Waals surface area contributed by atoms with E-state index in [9.17, 15) is 4.79 Å². The van der Waals surface area contributed by atoms with Gasteiger partial charge in [-0.25, -0.2) is 4.79 Å². The van der Waals surface area contributed by atoms with Gasteiger partial charge in [-0.15, -0.1) is 0 Å². The number of carbonyl (C=O) groups is 1. The van der Waals surface area contributed by atoms with Crippen LogP contribution in [0.3, 0.4) is 0 Å². The number of primary amides is 1. The van der Waals surface area contributed by atoms with Gasteiger partial charge >= 0.3 is 6.09 Å². The standard InChI is InChI=1S/C21H29NO4Si/c1-21(2,3)27(18-10-6-4-7-11-18,19-12-8-5-9-13-19)26-17-15-24-14-16-25-20(22)23/h4-13H,14-17H2,1-3H3,(H2,22,23). The number of nitrogens with two attached hydrogens (primary N) is 1. The minimum absolute atomic E-state index is 0.0647. The maximum absolute atomic E-state index is 10.6. The molecule has 0 heterocycles. The molecule has 0 radical (unpaired) electrons. The molecule has 27 heavy (non-hydrogen) atoms. The van der Waals surface area contributed by atoms with E-state index in [0.29, 0.717) is 19.8 Å². The van der Waals surface area contributed by atoms with E-state index in [1.807, 2.05) is 12.1 Å². The fourth-order valence-corrected chi connectivity index (χ4v) is 7.86. The van der Waals surface area contributed by atoms with Gasteiger partial charge in [0.15, 0.2) is 0 Å². The second kappa shape index (κ2) is 9.69. The van der Waals surface area contributed by atoms with E-state index in [-0.39, 0.29) is 11.6 Å². The number of ether oxygens (including phenoxy) is 2. The first-order valence-electron chi connectivity index (χ1n) is 9.13. The molecule has 5 nitrogen and oxygen atoms in total. The zero-order chi connectivity index (χ0) is 19.8. The molecule has 2 rings (SSSR count). The number of benzene rings is 2. The zero-order valence-corrected chi connectivity index (χ0v) is 17.3. The van der Waals surface area contributed by atoms with E-state index in [1.54, 1.807) is 0 Å². The molecule has 0 fully saturated rings. The van der Waals surface area contributed by atoms with Crippen LogP contribution in [0.25, 0.3) is 0 Å². The molecular weight excluding hydrogens is 358 g/mol. The van der Waals surface area contributed by atoms with Crippen molar-refractivity contribution >= 4 is 24.8 Å². The molecule has 0 atom stereocenters. The van der Waals surface area contributed by atoms with Crippen molar-refractivity contribution in [3.8, 4) is 0 Å². The Hall–Kier alpha value is -2.15. The van der Waals surface area contributed by atoms with Crippen LogP contribution in [0.15, 0.2) is 60.7 Å². The molecule has 0 aliphatic heterocycles. The summed E-state index contributed by atoms with van der Waals surface area (Å²) in [4.78, 5) is 10.6. The summed E-state index contributed by atoms with van der Waals surface area (Å²) in [5.41, 5.74) is 4.93. The molecular formula is C21H29NO4Si. The lowest BCUT2D eigenvalue weighted by Gasteiger charge is -2.43. The van der Waals surface area contributed by atoms with E-state index in [4.69, 9.17) is 14.9 Å². The highest BCUT2D eigenvalue weighted by atomic mass is 28.4. The van der Waals surface area contributed by atoms with Crippen molar-refractivity contribution in [1.82, 2.24) is 0 Å². The second-order valence-electron chi connectivity index (χ2n) is 7.29. The summed E-state index contributed by atoms with van der Waals surface area (Å²) in [5, 5.41) is 2.41. The quantitative estimate of drug-likeness (QED) is 0.530. The lowest BCUT2D eigenvalue weighted by atomic mass is 10.2. The van der Waals surface area contributed by atoms with Crippen molar-refractivity contribution in [2.75, 3.05) is 26.4 Å². The van der Waals surface area contributed by atoms with Crippen molar-refractivity contribution in [2.45, 2.75) is 25.8 Å². The average Bonchev–Trinajstić information content (AvgIpc) is 2.64. The van der Waals surface area contributed by atoms with Gasteiger partial charge in [0.05, 0.1) is 19.8 Å². The molecule has 0 bridgehead atoms. The summed E-state index contributed by atoms with van der Waals surface area (Å²) in [6.45, 7) is 8.04. The molecule has 6 heteroatoms. The van der Waals surface area contributed by atoms with Crippen molar-refractivity contribution < 1.29 is 18.7 Å². The lowest BCUT2D eigenvalue weighted by molar-refractivity contribution is 0.0588. The minimum Gasteiger partial charge on any atom is -0.447 e. The van der Waals surface area contributed by atoms with Crippen LogP contribution < -0.4 is 16.1 Å². The van der Waals surface area contributed by atoms with Crippen LogP contribution in [0.1, 0.15) is 20.8 Å². The fraction of sp³-hybridized carbons (Fsp3) is 0.381. The Morgan fingerprint density at radius 3 is 1.78 bits per heavy atom. The van der Waals surface area contributed by atoms with Crippen LogP contribution in [0, 0.1) is 0 Å². The molecule has 0 unspecified atom stereocenters. The van der Waals surface area contributed by atoms with Gasteiger partial charge in [-0.3, -0.25) is 0 Å². The predicted octanol–water partition coefficient (Wildman–Crippen LogP) is 2.67. The average molecular weight is 388 g/mol. The molecule has 2 N–H and O–H groups in total. The topological polar surface area (TPSA) is 70.8 Å². The van der Waals surface area contributed by atoms with Crippen molar-refractivity contribution in [1.29, 1.82) is 0 Å². The third kappa shape index (κ3) is 5.41. The van der Waals surface area contributed by atoms with E-state index in [1.165, 1.54) is 10.4 Å². The first kappa shape index (κ1) is 21.2. The van der Waals surface area contributed by atoms with E-state index in [0.717, 1.165) is 0 Å². The first-order valence-corrected chi connectivity index (χ1v) is 11.0. The molecule has 0 aromatic heterocycles. The van der Waals surface area contributed by atoms with E-state index < -0.39 is 14.4 Å². The number of amides is 1. The Bertz CT molecular complexity index is 662. The molecule has 2 aromatic carbocycles. The van der Waals surface area contributed by atoms with Crippen molar-refractivity contribution in [3.63, 3.8) is 0 Å². The van der Waals surface area contributed by atoms with Crippen molar-refractivity contribution in [3.05, 3.63) is 60.7 Å². The molecule has 2 aromatic rings. The Morgan fingerprint density at radius 1 is 0.852 bits per heavy atom. The summed E-state index contributed by atoms with van der Waals surface area (Å²) in [7, 11) is -2.52. The van der Waals surface area contributed by atoms with Gasteiger partial charge in [0.25, 0.3) is 8.32 Å². The van der Waals surface area contributed by atoms with Gasteiger partial charge in [0.1, 0.15) is 6.61 Å². The van der Waals surface area contributed by atoms with Gasteiger partial charge in [-0.05, 0) is 15.4 Å². The zero-order valence-electron chi connectivity index (χ0n) is 16.3. The maximum Gasteiger partial charge on any atom is 0.404 e. The minimum atomic E-state index is -2.52. The van der Waals surface area contributed by atoms with Crippen molar-refractivity contribution in [2.24, 2.45) is 5.73 Å². The molecule has 0 aliphatic carbocycles. The SMILES string of the molecule is CC(C)(C)[Si](OCCOCCOC(N)=O)(c1ccccc1)c1ccccc1. The Labute approximate surface area is 162 Å². The summed E-state index contributed by atoms with van der Waals surface area (Å²) in [5.74, 6) is 0. The molecule has 146 valence electrons. The highest BCUT2D eigenvalue weighted by Crippen LogP contribution is 2.36. The molecule has 0 aliphatic rings. The monoisotopic (exact) mass is 387 g/mol. The summed E-state index contributed by atoms with van der Waals surface area (Å²) < 4.78 is 16.9. The molecule has 0 saturated carbocycles. The summed E-state index contributed by atoms with van der Waals surface area (Å²) in [6.07, 6.45) is -0.790. The fourth-order valence-electron chi connectivity index (χ4n) is 3.32.